The number of halogens is 1. The van der Waals surface area contributed by atoms with Gasteiger partial charge in [-0.2, -0.15) is 0 Å². The molecule has 0 unspecified atom stereocenters. The number of carbonyl (C=O) groups excluding carboxylic acids is 1. The zero-order chi connectivity index (χ0) is 19.7. The van der Waals surface area contributed by atoms with Crippen LogP contribution in [0.2, 0.25) is 5.02 Å². The molecule has 0 spiro atoms. The fourth-order valence-electron chi connectivity index (χ4n) is 3.01. The molecular formula is C22H18ClN3OS. The van der Waals surface area contributed by atoms with E-state index in [1.54, 1.807) is 17.3 Å². The Morgan fingerprint density at radius 1 is 1.14 bits per heavy atom. The predicted octanol–water partition coefficient (Wildman–Crippen LogP) is 5.81. The summed E-state index contributed by atoms with van der Waals surface area (Å²) in [6.07, 6.45) is 3.49. The van der Waals surface area contributed by atoms with Gasteiger partial charge in [-0.1, -0.05) is 46.7 Å². The molecule has 0 N–H and O–H groups in total. The number of aryl methyl sites for hydroxylation is 2. The third-order valence-electron chi connectivity index (χ3n) is 4.48. The summed E-state index contributed by atoms with van der Waals surface area (Å²) in [5.74, 6) is -0.0911. The van der Waals surface area contributed by atoms with Gasteiger partial charge in [0.1, 0.15) is 0 Å². The van der Waals surface area contributed by atoms with Crippen LogP contribution in [0.4, 0.5) is 5.13 Å². The Hall–Kier alpha value is -2.76. The lowest BCUT2D eigenvalue weighted by atomic mass is 10.1. The van der Waals surface area contributed by atoms with Gasteiger partial charge < -0.3 is 0 Å². The Morgan fingerprint density at radius 2 is 1.93 bits per heavy atom. The van der Waals surface area contributed by atoms with E-state index in [1.807, 2.05) is 62.4 Å². The van der Waals surface area contributed by atoms with Crippen LogP contribution in [0.3, 0.4) is 0 Å². The van der Waals surface area contributed by atoms with Gasteiger partial charge in [-0.15, -0.1) is 0 Å². The molecule has 4 rings (SSSR count). The van der Waals surface area contributed by atoms with Gasteiger partial charge in [0.2, 0.25) is 0 Å². The fourth-order valence-corrected chi connectivity index (χ4v) is 4.43. The van der Waals surface area contributed by atoms with Gasteiger partial charge in [-0.05, 0) is 55.3 Å². The number of carbonyl (C=O) groups is 1. The van der Waals surface area contributed by atoms with Crippen LogP contribution < -0.4 is 4.90 Å². The minimum atomic E-state index is -0.0911. The standard InChI is InChI=1S/C22H18ClN3OS/c1-14-5-7-17(8-6-14)21(27)26(13-16-4-3-9-24-12-16)22-25-20-15(2)10-18(23)11-19(20)28-22/h3-12H,13H2,1-2H3. The lowest BCUT2D eigenvalue weighted by molar-refractivity contribution is 0.0985. The third-order valence-corrected chi connectivity index (χ3v) is 5.72. The molecule has 28 heavy (non-hydrogen) atoms. The molecule has 4 nitrogen and oxygen atoms in total. The van der Waals surface area contributed by atoms with Crippen molar-refractivity contribution in [3.05, 3.63) is 88.2 Å². The molecule has 1 amide bonds. The Balaban J connectivity index is 1.79. The maximum Gasteiger partial charge on any atom is 0.260 e. The average molecular weight is 408 g/mol. The van der Waals surface area contributed by atoms with E-state index in [1.165, 1.54) is 11.3 Å². The summed E-state index contributed by atoms with van der Waals surface area (Å²) in [5.41, 5.74) is 4.55. The number of pyridine rings is 1. The van der Waals surface area contributed by atoms with Gasteiger partial charge in [-0.25, -0.2) is 4.98 Å². The smallest absolute Gasteiger partial charge is 0.260 e. The van der Waals surface area contributed by atoms with Crippen LogP contribution in [-0.4, -0.2) is 15.9 Å². The molecule has 6 heteroatoms. The highest BCUT2D eigenvalue weighted by molar-refractivity contribution is 7.22. The van der Waals surface area contributed by atoms with E-state index in [2.05, 4.69) is 4.98 Å². The van der Waals surface area contributed by atoms with Crippen molar-refractivity contribution in [3.8, 4) is 0 Å². The van der Waals surface area contributed by atoms with Crippen LogP contribution in [0, 0.1) is 13.8 Å². The van der Waals surface area contributed by atoms with Crippen LogP contribution >= 0.6 is 22.9 Å². The summed E-state index contributed by atoms with van der Waals surface area (Å²) in [5, 5.41) is 1.32. The number of hydrogen-bond donors (Lipinski definition) is 0. The number of hydrogen-bond acceptors (Lipinski definition) is 4. The highest BCUT2D eigenvalue weighted by Gasteiger charge is 2.22. The van der Waals surface area contributed by atoms with Crippen LogP contribution in [0.25, 0.3) is 10.2 Å². The first-order valence-corrected chi connectivity index (χ1v) is 10.0. The number of aromatic nitrogens is 2. The van der Waals surface area contributed by atoms with Crippen molar-refractivity contribution < 1.29 is 4.79 Å². The van der Waals surface area contributed by atoms with E-state index >= 15 is 0 Å². The number of fused-ring (bicyclic) bond motifs is 1. The molecule has 2 aromatic heterocycles. The molecule has 2 heterocycles. The van der Waals surface area contributed by atoms with E-state index < -0.39 is 0 Å². The topological polar surface area (TPSA) is 46.1 Å². The first kappa shape index (κ1) is 18.6. The number of anilines is 1. The summed E-state index contributed by atoms with van der Waals surface area (Å²) in [7, 11) is 0. The Labute approximate surface area is 172 Å². The second kappa shape index (κ2) is 7.70. The van der Waals surface area contributed by atoms with Gasteiger partial charge in [0, 0.05) is 23.0 Å². The van der Waals surface area contributed by atoms with E-state index in [0.717, 1.165) is 26.9 Å². The Kier molecular flexibility index (Phi) is 5.11. The molecule has 0 aliphatic rings. The molecule has 0 bridgehead atoms. The molecule has 0 aliphatic heterocycles. The molecule has 0 saturated carbocycles. The van der Waals surface area contributed by atoms with Crippen molar-refractivity contribution in [1.29, 1.82) is 0 Å². The van der Waals surface area contributed by atoms with Gasteiger partial charge in [-0.3, -0.25) is 14.7 Å². The van der Waals surface area contributed by atoms with Crippen LogP contribution in [0.5, 0.6) is 0 Å². The summed E-state index contributed by atoms with van der Waals surface area (Å²) < 4.78 is 0.966. The van der Waals surface area contributed by atoms with Crippen molar-refractivity contribution >= 4 is 44.2 Å². The first-order chi connectivity index (χ1) is 13.5. The SMILES string of the molecule is Cc1ccc(C(=O)N(Cc2cccnc2)c2nc3c(C)cc(Cl)cc3s2)cc1. The van der Waals surface area contributed by atoms with E-state index in [4.69, 9.17) is 16.6 Å². The molecule has 0 saturated heterocycles. The number of rotatable bonds is 4. The zero-order valence-corrected chi connectivity index (χ0v) is 17.1. The minimum absolute atomic E-state index is 0.0911. The van der Waals surface area contributed by atoms with E-state index in [-0.39, 0.29) is 5.91 Å². The fraction of sp³-hybridized carbons (Fsp3) is 0.136. The number of amides is 1. The summed E-state index contributed by atoms with van der Waals surface area (Å²) in [6, 6.07) is 15.2. The second-order valence-corrected chi connectivity index (χ2v) is 8.13. The molecule has 0 radical (unpaired) electrons. The van der Waals surface area contributed by atoms with Crippen molar-refractivity contribution in [3.63, 3.8) is 0 Å². The summed E-state index contributed by atoms with van der Waals surface area (Å²) >= 11 is 7.67. The molecule has 4 aromatic rings. The molecule has 0 atom stereocenters. The number of thiazole rings is 1. The van der Waals surface area contributed by atoms with Gasteiger partial charge in [0.25, 0.3) is 5.91 Å². The van der Waals surface area contributed by atoms with E-state index in [9.17, 15) is 4.79 Å². The largest absolute Gasteiger partial charge is 0.279 e. The molecule has 0 fully saturated rings. The lowest BCUT2D eigenvalue weighted by Crippen LogP contribution is -2.30. The Morgan fingerprint density at radius 3 is 2.64 bits per heavy atom. The maximum atomic E-state index is 13.3. The summed E-state index contributed by atoms with van der Waals surface area (Å²) in [6.45, 7) is 4.37. The Bertz CT molecular complexity index is 1140. The maximum absolute atomic E-state index is 13.3. The van der Waals surface area contributed by atoms with Gasteiger partial charge in [0.05, 0.1) is 16.8 Å². The van der Waals surface area contributed by atoms with Crippen LogP contribution in [0.15, 0.2) is 60.9 Å². The molecular weight excluding hydrogens is 390 g/mol. The third kappa shape index (κ3) is 3.77. The van der Waals surface area contributed by atoms with Crippen molar-refractivity contribution in [2.75, 3.05) is 4.90 Å². The van der Waals surface area contributed by atoms with E-state index in [0.29, 0.717) is 22.3 Å². The number of benzene rings is 2. The minimum Gasteiger partial charge on any atom is -0.279 e. The second-order valence-electron chi connectivity index (χ2n) is 6.68. The monoisotopic (exact) mass is 407 g/mol. The molecule has 2 aromatic carbocycles. The van der Waals surface area contributed by atoms with Gasteiger partial charge >= 0.3 is 0 Å². The van der Waals surface area contributed by atoms with Crippen LogP contribution in [-0.2, 0) is 6.54 Å². The van der Waals surface area contributed by atoms with Gasteiger partial charge in [0.15, 0.2) is 5.13 Å². The first-order valence-electron chi connectivity index (χ1n) is 8.85. The molecule has 0 aliphatic carbocycles. The highest BCUT2D eigenvalue weighted by Crippen LogP contribution is 2.34. The number of nitrogens with zero attached hydrogens (tertiary/aromatic N) is 3. The predicted molar refractivity (Wildman–Crippen MR) is 115 cm³/mol. The van der Waals surface area contributed by atoms with Crippen molar-refractivity contribution in [2.24, 2.45) is 0 Å². The van der Waals surface area contributed by atoms with Crippen LogP contribution in [0.1, 0.15) is 27.0 Å². The normalized spacial score (nSPS) is 11.0. The quantitative estimate of drug-likeness (QED) is 0.429. The zero-order valence-electron chi connectivity index (χ0n) is 15.5. The summed E-state index contributed by atoms with van der Waals surface area (Å²) in [4.78, 5) is 24.0. The lowest BCUT2D eigenvalue weighted by Gasteiger charge is -2.20. The van der Waals surface area contributed by atoms with Crippen molar-refractivity contribution in [1.82, 2.24) is 9.97 Å². The average Bonchev–Trinajstić information content (AvgIpc) is 3.11. The highest BCUT2D eigenvalue weighted by atomic mass is 35.5. The van der Waals surface area contributed by atoms with Crippen molar-refractivity contribution in [2.45, 2.75) is 20.4 Å². The molecule has 140 valence electrons.